The third-order valence-corrected chi connectivity index (χ3v) is 6.31. The van der Waals surface area contributed by atoms with Gasteiger partial charge in [-0.3, -0.25) is 0 Å². The second-order valence-corrected chi connectivity index (χ2v) is 7.86. The van der Waals surface area contributed by atoms with Crippen molar-refractivity contribution in [1.82, 2.24) is 4.72 Å². The lowest BCUT2D eigenvalue weighted by atomic mass is 10.2. The Balaban J connectivity index is 2.24. The molecular weight excluding hydrogens is 362 g/mol. The summed E-state index contributed by atoms with van der Waals surface area (Å²) in [6.45, 7) is 1.79. The minimum absolute atomic E-state index is 0.181. The van der Waals surface area contributed by atoms with Gasteiger partial charge in [0.2, 0.25) is 10.0 Å². The van der Waals surface area contributed by atoms with Crippen LogP contribution in [0.2, 0.25) is 0 Å². The number of aryl methyl sites for hydroxylation is 1. The number of halogens is 1. The van der Waals surface area contributed by atoms with E-state index >= 15 is 0 Å². The maximum atomic E-state index is 12.3. The normalized spacial score (nSPS) is 11.8. The van der Waals surface area contributed by atoms with Crippen molar-refractivity contribution in [3.05, 3.63) is 50.1 Å². The van der Waals surface area contributed by atoms with Crippen molar-refractivity contribution in [2.24, 2.45) is 0 Å². The van der Waals surface area contributed by atoms with E-state index in [4.69, 9.17) is 5.11 Å². The van der Waals surface area contributed by atoms with Gasteiger partial charge in [-0.2, -0.15) is 0 Å². The van der Waals surface area contributed by atoms with Gasteiger partial charge in [-0.15, -0.1) is 11.3 Å². The molecule has 0 aliphatic rings. The van der Waals surface area contributed by atoms with Crippen LogP contribution in [0.5, 0.6) is 0 Å². The van der Waals surface area contributed by atoms with Gasteiger partial charge in [-0.1, -0.05) is 12.1 Å². The van der Waals surface area contributed by atoms with Crippen molar-refractivity contribution in [1.29, 1.82) is 0 Å². The van der Waals surface area contributed by atoms with E-state index in [0.717, 1.165) is 9.35 Å². The van der Waals surface area contributed by atoms with Gasteiger partial charge >= 0.3 is 0 Å². The van der Waals surface area contributed by atoms with E-state index in [9.17, 15) is 8.42 Å². The van der Waals surface area contributed by atoms with Crippen LogP contribution in [0.3, 0.4) is 0 Å². The zero-order valence-corrected chi connectivity index (χ0v) is 14.0. The van der Waals surface area contributed by atoms with Gasteiger partial charge in [0.25, 0.3) is 0 Å². The van der Waals surface area contributed by atoms with E-state index in [1.165, 1.54) is 17.4 Å². The van der Waals surface area contributed by atoms with Crippen LogP contribution in [0.1, 0.15) is 16.0 Å². The average Bonchev–Trinajstić information content (AvgIpc) is 2.82. The molecule has 0 atom stereocenters. The second kappa shape index (κ2) is 6.36. The number of sulfonamides is 1. The molecule has 2 N–H and O–H groups in total. The van der Waals surface area contributed by atoms with Crippen molar-refractivity contribution in [3.8, 4) is 0 Å². The highest BCUT2D eigenvalue weighted by atomic mass is 79.9. The zero-order chi connectivity index (χ0) is 14.8. The number of aliphatic hydroxyl groups is 1. The zero-order valence-electron chi connectivity index (χ0n) is 10.8. The summed E-state index contributed by atoms with van der Waals surface area (Å²) in [4.78, 5) is 1.13. The molecule has 7 heteroatoms. The maximum absolute atomic E-state index is 12.3. The number of aliphatic hydroxyl groups excluding tert-OH is 1. The van der Waals surface area contributed by atoms with Crippen LogP contribution in [0, 0.1) is 6.92 Å². The molecule has 0 aliphatic heterocycles. The number of hydrogen-bond donors (Lipinski definition) is 2. The summed E-state index contributed by atoms with van der Waals surface area (Å²) in [5.41, 5.74) is 1.23. The fraction of sp³-hybridized carbons (Fsp3) is 0.231. The summed E-state index contributed by atoms with van der Waals surface area (Å²) in [5, 5.41) is 11.0. The van der Waals surface area contributed by atoms with Crippen LogP contribution in [0.4, 0.5) is 0 Å². The van der Waals surface area contributed by atoms with Crippen LogP contribution in [-0.4, -0.2) is 13.5 Å². The lowest BCUT2D eigenvalue weighted by molar-refractivity contribution is 0.281. The van der Waals surface area contributed by atoms with E-state index in [0.29, 0.717) is 11.1 Å². The Morgan fingerprint density at radius 1 is 1.35 bits per heavy atom. The smallest absolute Gasteiger partial charge is 0.241 e. The molecule has 0 spiro atoms. The largest absolute Gasteiger partial charge is 0.392 e. The lowest BCUT2D eigenvalue weighted by Crippen LogP contribution is -2.24. The highest BCUT2D eigenvalue weighted by Gasteiger charge is 2.17. The first-order valence-corrected chi connectivity index (χ1v) is 9.01. The summed E-state index contributed by atoms with van der Waals surface area (Å²) in [5.74, 6) is 0. The minimum atomic E-state index is -3.59. The Morgan fingerprint density at radius 3 is 2.70 bits per heavy atom. The summed E-state index contributed by atoms with van der Waals surface area (Å²) in [6.07, 6.45) is 0. The molecule has 4 nitrogen and oxygen atoms in total. The van der Waals surface area contributed by atoms with Crippen molar-refractivity contribution in [2.75, 3.05) is 0 Å². The highest BCUT2D eigenvalue weighted by Crippen LogP contribution is 2.23. The number of benzene rings is 1. The molecule has 0 fully saturated rings. The third kappa shape index (κ3) is 3.48. The molecule has 20 heavy (non-hydrogen) atoms. The van der Waals surface area contributed by atoms with E-state index < -0.39 is 10.0 Å². The molecular formula is C13H14BrNO3S2. The first-order valence-electron chi connectivity index (χ1n) is 5.86. The second-order valence-electron chi connectivity index (χ2n) is 4.27. The van der Waals surface area contributed by atoms with E-state index in [1.807, 2.05) is 11.4 Å². The van der Waals surface area contributed by atoms with Crippen molar-refractivity contribution < 1.29 is 13.5 Å². The van der Waals surface area contributed by atoms with Gasteiger partial charge in [0.05, 0.1) is 11.5 Å². The Hall–Kier alpha value is -0.730. The van der Waals surface area contributed by atoms with Crippen LogP contribution >= 0.6 is 27.3 Å². The first kappa shape index (κ1) is 15.7. The van der Waals surface area contributed by atoms with E-state index in [2.05, 4.69) is 20.7 Å². The monoisotopic (exact) mass is 375 g/mol. The number of rotatable bonds is 5. The molecule has 0 amide bonds. The van der Waals surface area contributed by atoms with Crippen LogP contribution in [0.15, 0.2) is 39.0 Å². The van der Waals surface area contributed by atoms with Crippen molar-refractivity contribution >= 4 is 37.3 Å². The molecule has 1 heterocycles. The molecule has 0 saturated carbocycles. The van der Waals surface area contributed by atoms with Gasteiger partial charge in [0.15, 0.2) is 0 Å². The highest BCUT2D eigenvalue weighted by molar-refractivity contribution is 9.10. The average molecular weight is 376 g/mol. The topological polar surface area (TPSA) is 66.4 Å². The molecule has 0 radical (unpaired) electrons. The molecule has 1 aromatic carbocycles. The fourth-order valence-corrected chi connectivity index (χ4v) is 4.53. The molecule has 108 valence electrons. The quantitative estimate of drug-likeness (QED) is 0.844. The number of nitrogens with one attached hydrogen (secondary N) is 1. The Labute approximate surface area is 130 Å². The third-order valence-electron chi connectivity index (χ3n) is 2.84. The standard InChI is InChI=1S/C13H14BrNO3S2/c1-9-2-3-10(8-16)6-13(9)20(17,18)15-7-12-11(14)4-5-19-12/h2-6,15-16H,7-8H2,1H3. The predicted octanol–water partition coefficient (Wildman–Crippen LogP) is 2.79. The van der Waals surface area contributed by atoms with Gasteiger partial charge < -0.3 is 5.11 Å². The first-order chi connectivity index (χ1) is 9.44. The molecule has 2 rings (SSSR count). The Kier molecular flexibility index (Phi) is 4.98. The molecule has 0 bridgehead atoms. The summed E-state index contributed by atoms with van der Waals surface area (Å²) < 4.78 is 28.1. The van der Waals surface area contributed by atoms with Crippen molar-refractivity contribution in [3.63, 3.8) is 0 Å². The molecule has 0 unspecified atom stereocenters. The van der Waals surface area contributed by atoms with Crippen LogP contribution < -0.4 is 4.72 Å². The van der Waals surface area contributed by atoms with E-state index in [-0.39, 0.29) is 18.0 Å². The summed E-state index contributed by atoms with van der Waals surface area (Å²) >= 11 is 4.85. The fourth-order valence-electron chi connectivity index (χ4n) is 1.72. The van der Waals surface area contributed by atoms with Gasteiger partial charge in [0, 0.05) is 15.9 Å². The summed E-state index contributed by atoms with van der Waals surface area (Å²) in [7, 11) is -3.59. The minimum Gasteiger partial charge on any atom is -0.392 e. The predicted molar refractivity (Wildman–Crippen MR) is 83.1 cm³/mol. The van der Waals surface area contributed by atoms with Crippen molar-refractivity contribution in [2.45, 2.75) is 25.0 Å². The molecule has 0 saturated heterocycles. The number of hydrogen-bond acceptors (Lipinski definition) is 4. The number of thiophene rings is 1. The van der Waals surface area contributed by atoms with Gasteiger partial charge in [-0.25, -0.2) is 13.1 Å². The van der Waals surface area contributed by atoms with Crippen LogP contribution in [0.25, 0.3) is 0 Å². The SMILES string of the molecule is Cc1ccc(CO)cc1S(=O)(=O)NCc1sccc1Br. The maximum Gasteiger partial charge on any atom is 0.241 e. The molecule has 2 aromatic rings. The lowest BCUT2D eigenvalue weighted by Gasteiger charge is -2.10. The molecule has 1 aromatic heterocycles. The Bertz CT molecular complexity index is 710. The van der Waals surface area contributed by atoms with Gasteiger partial charge in [-0.05, 0) is 51.5 Å². The summed E-state index contributed by atoms with van der Waals surface area (Å²) in [6, 6.07) is 6.79. The Morgan fingerprint density at radius 2 is 2.10 bits per heavy atom. The van der Waals surface area contributed by atoms with Gasteiger partial charge in [0.1, 0.15) is 0 Å². The molecule has 0 aliphatic carbocycles. The van der Waals surface area contributed by atoms with E-state index in [1.54, 1.807) is 19.1 Å². The van der Waals surface area contributed by atoms with Crippen LogP contribution in [-0.2, 0) is 23.2 Å².